The number of hydrogen-bond donors (Lipinski definition) is 2. The second kappa shape index (κ2) is 7.37. The minimum absolute atomic E-state index is 0.0226. The third-order valence-electron chi connectivity index (χ3n) is 3.62. The molecule has 0 saturated carbocycles. The minimum atomic E-state index is 0.0226. The van der Waals surface area contributed by atoms with Gasteiger partial charge in [-0.25, -0.2) is 4.98 Å². The molecule has 0 aliphatic carbocycles. The average molecular weight is 379 g/mol. The van der Waals surface area contributed by atoms with Gasteiger partial charge < -0.3 is 10.8 Å². The Kier molecular flexibility index (Phi) is 4.99. The molecule has 3 rings (SSSR count). The maximum Gasteiger partial charge on any atom is 0.143 e. The van der Waals surface area contributed by atoms with Crippen molar-refractivity contribution in [1.82, 2.24) is 4.98 Å². The second-order valence-electron chi connectivity index (χ2n) is 5.23. The summed E-state index contributed by atoms with van der Waals surface area (Å²) in [5.74, 6) is 0.0912. The van der Waals surface area contributed by atoms with Crippen LogP contribution in [-0.2, 0) is 0 Å². The lowest BCUT2D eigenvalue weighted by molar-refractivity contribution is 0.462. The van der Waals surface area contributed by atoms with Crippen LogP contribution in [0.2, 0.25) is 5.02 Å². The topological polar surface area (TPSA) is 107 Å². The maximum atomic E-state index is 9.99. The molecule has 3 aromatic rings. The van der Waals surface area contributed by atoms with Gasteiger partial charge >= 0.3 is 0 Å². The summed E-state index contributed by atoms with van der Waals surface area (Å²) in [6.45, 7) is 0. The second-order valence-corrected chi connectivity index (χ2v) is 6.69. The number of benzene rings is 2. The SMILES string of the molecule is N#Cc1c(N)nc(Sc2ccccc2O)c(C#N)c1-c1ccc(Cl)cc1. The van der Waals surface area contributed by atoms with E-state index in [4.69, 9.17) is 17.3 Å². The summed E-state index contributed by atoms with van der Waals surface area (Å²) in [7, 11) is 0. The van der Waals surface area contributed by atoms with Gasteiger partial charge in [0, 0.05) is 10.6 Å². The van der Waals surface area contributed by atoms with Gasteiger partial charge in [-0.2, -0.15) is 10.5 Å². The van der Waals surface area contributed by atoms with E-state index in [0.717, 1.165) is 11.8 Å². The molecule has 0 radical (unpaired) electrons. The molecule has 0 fully saturated rings. The highest BCUT2D eigenvalue weighted by atomic mass is 35.5. The number of phenolic OH excluding ortho intramolecular Hbond substituents is 1. The molecule has 0 unspecified atom stereocenters. The van der Waals surface area contributed by atoms with Crippen LogP contribution in [0.25, 0.3) is 11.1 Å². The number of nitrogens with zero attached hydrogens (tertiary/aromatic N) is 3. The van der Waals surface area contributed by atoms with E-state index in [-0.39, 0.29) is 22.7 Å². The fourth-order valence-electron chi connectivity index (χ4n) is 2.42. The first-order valence-corrected chi connectivity index (χ1v) is 8.60. The Morgan fingerprint density at radius 1 is 1.00 bits per heavy atom. The van der Waals surface area contributed by atoms with E-state index < -0.39 is 0 Å². The number of anilines is 1. The van der Waals surface area contributed by atoms with Gasteiger partial charge in [-0.15, -0.1) is 0 Å². The zero-order valence-electron chi connectivity index (χ0n) is 13.3. The summed E-state index contributed by atoms with van der Waals surface area (Å²) < 4.78 is 0. The van der Waals surface area contributed by atoms with Gasteiger partial charge in [0.15, 0.2) is 0 Å². The number of hydrogen-bond acceptors (Lipinski definition) is 6. The first kappa shape index (κ1) is 17.6. The summed E-state index contributed by atoms with van der Waals surface area (Å²) in [6, 6.07) is 17.6. The third-order valence-corrected chi connectivity index (χ3v) is 4.93. The fraction of sp³-hybridized carbons (Fsp3) is 0. The normalized spacial score (nSPS) is 10.1. The van der Waals surface area contributed by atoms with Gasteiger partial charge in [0.1, 0.15) is 34.3 Å². The Morgan fingerprint density at radius 2 is 1.65 bits per heavy atom. The summed E-state index contributed by atoms with van der Waals surface area (Å²) in [4.78, 5) is 4.74. The lowest BCUT2D eigenvalue weighted by Crippen LogP contribution is -2.03. The Bertz CT molecular complexity index is 1070. The predicted octanol–water partition coefficient (Wildman–Crippen LogP) is 4.58. The quantitative estimate of drug-likeness (QED) is 0.690. The Morgan fingerprint density at radius 3 is 2.27 bits per heavy atom. The Balaban J connectivity index is 2.25. The highest BCUT2D eigenvalue weighted by Gasteiger charge is 2.21. The van der Waals surface area contributed by atoms with E-state index in [1.165, 1.54) is 0 Å². The van der Waals surface area contributed by atoms with Crippen molar-refractivity contribution in [3.63, 3.8) is 0 Å². The average Bonchev–Trinajstić information content (AvgIpc) is 2.64. The summed E-state index contributed by atoms with van der Waals surface area (Å²) in [6.07, 6.45) is 0. The number of pyridine rings is 1. The van der Waals surface area contributed by atoms with E-state index in [0.29, 0.717) is 26.1 Å². The van der Waals surface area contributed by atoms with Crippen LogP contribution >= 0.6 is 23.4 Å². The van der Waals surface area contributed by atoms with Crippen molar-refractivity contribution >= 4 is 29.2 Å². The molecule has 0 aliphatic rings. The number of nitrogen functional groups attached to an aromatic ring is 1. The molecule has 2 aromatic carbocycles. The highest BCUT2D eigenvalue weighted by molar-refractivity contribution is 7.99. The van der Waals surface area contributed by atoms with Crippen LogP contribution < -0.4 is 5.73 Å². The van der Waals surface area contributed by atoms with Crippen LogP contribution in [0.3, 0.4) is 0 Å². The molecule has 1 aromatic heterocycles. The maximum absolute atomic E-state index is 9.99. The van der Waals surface area contributed by atoms with Crippen molar-refractivity contribution in [3.05, 3.63) is 64.7 Å². The monoisotopic (exact) mass is 378 g/mol. The summed E-state index contributed by atoms with van der Waals surface area (Å²) in [5.41, 5.74) is 7.35. The number of phenols is 1. The molecule has 0 amide bonds. The highest BCUT2D eigenvalue weighted by Crippen LogP contribution is 2.40. The molecular weight excluding hydrogens is 368 g/mol. The summed E-state index contributed by atoms with van der Waals surface area (Å²) in [5, 5.41) is 30.1. The van der Waals surface area contributed by atoms with Crippen LogP contribution in [-0.4, -0.2) is 10.1 Å². The Labute approximate surface area is 159 Å². The fourth-order valence-corrected chi connectivity index (χ4v) is 3.47. The molecule has 0 spiro atoms. The van der Waals surface area contributed by atoms with Crippen LogP contribution in [0.1, 0.15) is 11.1 Å². The molecule has 3 N–H and O–H groups in total. The minimum Gasteiger partial charge on any atom is -0.507 e. The van der Waals surface area contributed by atoms with Gasteiger partial charge in [-0.3, -0.25) is 0 Å². The lowest BCUT2D eigenvalue weighted by Gasteiger charge is -2.13. The van der Waals surface area contributed by atoms with Gasteiger partial charge in [0.25, 0.3) is 0 Å². The molecule has 0 aliphatic heterocycles. The molecule has 0 bridgehead atoms. The first-order chi connectivity index (χ1) is 12.5. The molecule has 7 heteroatoms. The number of rotatable bonds is 3. The van der Waals surface area contributed by atoms with E-state index in [1.54, 1.807) is 48.5 Å². The molecule has 0 atom stereocenters. The van der Waals surface area contributed by atoms with Crippen LogP contribution in [0.15, 0.2) is 58.5 Å². The Hall–Kier alpha value is -3.19. The van der Waals surface area contributed by atoms with Crippen molar-refractivity contribution in [2.24, 2.45) is 0 Å². The smallest absolute Gasteiger partial charge is 0.143 e. The van der Waals surface area contributed by atoms with Crippen molar-refractivity contribution < 1.29 is 5.11 Å². The van der Waals surface area contributed by atoms with Crippen LogP contribution in [0.4, 0.5) is 5.82 Å². The number of nitriles is 2. The van der Waals surface area contributed by atoms with Gasteiger partial charge in [0.05, 0.1) is 10.5 Å². The van der Waals surface area contributed by atoms with Gasteiger partial charge in [0.2, 0.25) is 0 Å². The van der Waals surface area contributed by atoms with E-state index in [9.17, 15) is 15.6 Å². The molecular formula is C19H11ClN4OS. The molecule has 1 heterocycles. The number of para-hydroxylation sites is 1. The number of aromatic hydroxyl groups is 1. The van der Waals surface area contributed by atoms with Crippen molar-refractivity contribution in [1.29, 1.82) is 10.5 Å². The number of aromatic nitrogens is 1. The van der Waals surface area contributed by atoms with Crippen LogP contribution in [0.5, 0.6) is 5.75 Å². The predicted molar refractivity (Wildman–Crippen MR) is 101 cm³/mol. The lowest BCUT2D eigenvalue weighted by atomic mass is 9.97. The number of nitrogens with two attached hydrogens (primary N) is 1. The molecule has 5 nitrogen and oxygen atoms in total. The van der Waals surface area contributed by atoms with E-state index in [1.807, 2.05) is 6.07 Å². The van der Waals surface area contributed by atoms with E-state index in [2.05, 4.69) is 11.1 Å². The van der Waals surface area contributed by atoms with Gasteiger partial charge in [-0.05, 0) is 29.8 Å². The molecule has 26 heavy (non-hydrogen) atoms. The summed E-state index contributed by atoms with van der Waals surface area (Å²) >= 11 is 7.05. The molecule has 126 valence electrons. The van der Waals surface area contributed by atoms with Gasteiger partial charge in [-0.1, -0.05) is 47.6 Å². The van der Waals surface area contributed by atoms with E-state index >= 15 is 0 Å². The first-order valence-electron chi connectivity index (χ1n) is 7.40. The zero-order valence-corrected chi connectivity index (χ0v) is 14.8. The van der Waals surface area contributed by atoms with Crippen molar-refractivity contribution in [2.75, 3.05) is 5.73 Å². The molecule has 0 saturated heterocycles. The standard InChI is InChI=1S/C19H11ClN4OS/c20-12-7-5-11(6-8-12)17-13(9-21)18(23)24-19(14(17)10-22)26-16-4-2-1-3-15(16)25/h1-8,25H,(H2,23,24). The van der Waals surface area contributed by atoms with Crippen LogP contribution in [0, 0.1) is 22.7 Å². The van der Waals surface area contributed by atoms with Crippen molar-refractivity contribution in [3.8, 4) is 29.0 Å². The zero-order chi connectivity index (χ0) is 18.7. The largest absolute Gasteiger partial charge is 0.507 e. The third kappa shape index (κ3) is 3.29. The number of halogens is 1. The van der Waals surface area contributed by atoms with Crippen molar-refractivity contribution in [2.45, 2.75) is 9.92 Å².